The van der Waals surface area contributed by atoms with Crippen LogP contribution in [0.5, 0.6) is 0 Å². The first-order valence-electron chi connectivity index (χ1n) is 15.9. The highest BCUT2D eigenvalue weighted by molar-refractivity contribution is 7.99. The van der Waals surface area contributed by atoms with Gasteiger partial charge < -0.3 is 13.6 Å². The Balaban J connectivity index is 0.00000325. The first-order valence-corrected chi connectivity index (χ1v) is 16.7. The summed E-state index contributed by atoms with van der Waals surface area (Å²) in [5.74, 6) is 0. The van der Waals surface area contributed by atoms with E-state index in [-0.39, 0.29) is 13.5 Å². The molecule has 0 aliphatic rings. The van der Waals surface area contributed by atoms with Crippen molar-refractivity contribution in [1.82, 2.24) is 9.13 Å². The van der Waals surface area contributed by atoms with E-state index in [1.807, 2.05) is 36.4 Å². The van der Waals surface area contributed by atoms with Crippen molar-refractivity contribution in [2.45, 2.75) is 9.79 Å². The summed E-state index contributed by atoms with van der Waals surface area (Å²) in [6, 6.07) is 55.5. The van der Waals surface area contributed by atoms with E-state index >= 15 is 0 Å². The van der Waals surface area contributed by atoms with Crippen LogP contribution in [0.4, 0.5) is 0 Å². The minimum atomic E-state index is 0. The van der Waals surface area contributed by atoms with Crippen LogP contribution in [-0.2, 0) is 0 Å². The molecule has 0 atom stereocenters. The Morgan fingerprint density at radius 2 is 1.00 bits per heavy atom. The van der Waals surface area contributed by atoms with Gasteiger partial charge in [-0.3, -0.25) is 0 Å². The van der Waals surface area contributed by atoms with Gasteiger partial charge in [0.15, 0.2) is 0 Å². The van der Waals surface area contributed by atoms with Crippen molar-refractivity contribution in [2.75, 3.05) is 0 Å². The molecule has 0 unspecified atom stereocenters. The average molecular weight is 666 g/mol. The number of aromatic nitrogens is 2. The summed E-state index contributed by atoms with van der Waals surface area (Å²) < 4.78 is 11.2. The Labute approximate surface area is 292 Å². The molecule has 0 N–H and O–H groups in total. The van der Waals surface area contributed by atoms with E-state index in [0.717, 1.165) is 54.1 Å². The molecule has 10 aromatic rings. The normalized spacial score (nSPS) is 11.6. The molecule has 0 bridgehead atoms. The van der Waals surface area contributed by atoms with Crippen molar-refractivity contribution in [3.63, 3.8) is 0 Å². The summed E-state index contributed by atoms with van der Waals surface area (Å²) in [6.45, 7) is 0. The maximum atomic E-state index is 9.18. The van der Waals surface area contributed by atoms with E-state index in [1.165, 1.54) is 32.6 Å². The topological polar surface area (TPSA) is 46.8 Å². The Bertz CT molecular complexity index is 2910. The molecule has 232 valence electrons. The fraction of sp³-hybridized carbons (Fsp3) is 0. The summed E-state index contributed by atoms with van der Waals surface area (Å²) in [5.41, 5.74) is 9.29. The Morgan fingerprint density at radius 1 is 0.449 bits per heavy atom. The van der Waals surface area contributed by atoms with Gasteiger partial charge in [0.25, 0.3) is 0 Å². The lowest BCUT2D eigenvalue weighted by Gasteiger charge is -2.10. The van der Waals surface area contributed by atoms with Crippen molar-refractivity contribution < 1.29 is 4.42 Å². The van der Waals surface area contributed by atoms with Crippen LogP contribution in [0, 0.1) is 11.3 Å². The van der Waals surface area contributed by atoms with Gasteiger partial charge in [-0.05, 0) is 91.0 Å². The highest BCUT2D eigenvalue weighted by atomic mass is 32.2. The van der Waals surface area contributed by atoms with Gasteiger partial charge in [-0.25, -0.2) is 0 Å². The molecule has 0 fully saturated rings. The van der Waals surface area contributed by atoms with E-state index < -0.39 is 0 Å². The maximum absolute atomic E-state index is 9.18. The number of furan rings is 1. The SMILES string of the molecule is N#Cc1ccc(Sc2ccc(-n3c4cc5oc6ccccc6c5cc4c4cc5c(cc43)c3ccccc3n5-c3ccccc3)cc2)cc1.S. The molecule has 0 saturated heterocycles. The quantitative estimate of drug-likeness (QED) is 0.188. The van der Waals surface area contributed by atoms with Crippen molar-refractivity contribution in [3.8, 4) is 17.4 Å². The van der Waals surface area contributed by atoms with Crippen LogP contribution in [0.25, 0.3) is 76.9 Å². The number of nitriles is 1. The van der Waals surface area contributed by atoms with Gasteiger partial charge in [-0.15, -0.1) is 0 Å². The molecule has 6 heteroatoms. The molecule has 0 saturated carbocycles. The van der Waals surface area contributed by atoms with E-state index in [0.29, 0.717) is 5.56 Å². The van der Waals surface area contributed by atoms with Gasteiger partial charge in [-0.1, -0.05) is 66.4 Å². The molecule has 7 aromatic carbocycles. The Hall–Kier alpha value is -5.87. The van der Waals surface area contributed by atoms with Crippen LogP contribution in [0.1, 0.15) is 5.56 Å². The number of fused-ring (bicyclic) bond motifs is 9. The largest absolute Gasteiger partial charge is 0.456 e. The molecule has 4 nitrogen and oxygen atoms in total. The predicted octanol–water partition coefficient (Wildman–Crippen LogP) is 11.9. The standard InChI is InChI=1S/C43H25N3OS.H2S/c44-26-27-14-18-30(19-15-27)48-31-20-16-29(17-21-31)46-40-23-35-32-10-4-6-12-38(32)45(28-8-2-1-3-9-28)39(35)24-36(40)34-22-37-33-11-5-7-13-42(33)47-43(37)25-41(34)46;/h1-25H;1H2. The van der Waals surface area contributed by atoms with Crippen molar-refractivity contribution >= 4 is 90.8 Å². The van der Waals surface area contributed by atoms with Crippen LogP contribution in [-0.4, -0.2) is 9.13 Å². The zero-order valence-electron chi connectivity index (χ0n) is 26.1. The van der Waals surface area contributed by atoms with Crippen LogP contribution >= 0.6 is 25.3 Å². The molecule has 10 rings (SSSR count). The number of hydrogen-bond acceptors (Lipinski definition) is 3. The van der Waals surface area contributed by atoms with Gasteiger partial charge in [0.1, 0.15) is 11.2 Å². The summed E-state index contributed by atoms with van der Waals surface area (Å²) in [5, 5.41) is 16.3. The molecular formula is C43H27N3OS2. The lowest BCUT2D eigenvalue weighted by molar-refractivity contribution is 0.669. The third-order valence-corrected chi connectivity index (χ3v) is 10.4. The summed E-state index contributed by atoms with van der Waals surface area (Å²) in [6.07, 6.45) is 0. The average Bonchev–Trinajstić information content (AvgIpc) is 3.77. The second-order valence-corrected chi connectivity index (χ2v) is 13.3. The number of benzene rings is 7. The van der Waals surface area contributed by atoms with E-state index in [4.69, 9.17) is 4.42 Å². The van der Waals surface area contributed by atoms with Gasteiger partial charge in [-0.2, -0.15) is 18.8 Å². The maximum Gasteiger partial charge on any atom is 0.137 e. The molecule has 0 aliphatic carbocycles. The Kier molecular flexibility index (Phi) is 6.80. The lowest BCUT2D eigenvalue weighted by atomic mass is 10.1. The third-order valence-electron chi connectivity index (χ3n) is 9.39. The van der Waals surface area contributed by atoms with Crippen LogP contribution in [0.3, 0.4) is 0 Å². The van der Waals surface area contributed by atoms with Gasteiger partial charge in [0.2, 0.25) is 0 Å². The van der Waals surface area contributed by atoms with Crippen LogP contribution in [0.15, 0.2) is 166 Å². The highest BCUT2D eigenvalue weighted by Gasteiger charge is 2.20. The summed E-state index contributed by atoms with van der Waals surface area (Å²) in [7, 11) is 0. The lowest BCUT2D eigenvalue weighted by Crippen LogP contribution is -1.94. The second kappa shape index (κ2) is 11.4. The Morgan fingerprint density at radius 3 is 1.73 bits per heavy atom. The number of nitrogens with zero attached hydrogens (tertiary/aromatic N) is 3. The first-order chi connectivity index (χ1) is 23.7. The van der Waals surface area contributed by atoms with Crippen molar-refractivity contribution in [3.05, 3.63) is 157 Å². The molecule has 0 spiro atoms. The van der Waals surface area contributed by atoms with Crippen LogP contribution < -0.4 is 0 Å². The van der Waals surface area contributed by atoms with E-state index in [9.17, 15) is 5.26 Å². The van der Waals surface area contributed by atoms with Crippen LogP contribution in [0.2, 0.25) is 0 Å². The molecule has 3 aromatic heterocycles. The summed E-state index contributed by atoms with van der Waals surface area (Å²) >= 11 is 1.69. The molecular weight excluding hydrogens is 639 g/mol. The van der Waals surface area contributed by atoms with E-state index in [2.05, 4.69) is 130 Å². The molecule has 49 heavy (non-hydrogen) atoms. The zero-order chi connectivity index (χ0) is 31.8. The molecule has 0 aliphatic heterocycles. The molecule has 3 heterocycles. The fourth-order valence-electron chi connectivity index (χ4n) is 7.23. The summed E-state index contributed by atoms with van der Waals surface area (Å²) in [4.78, 5) is 2.24. The number of rotatable bonds is 4. The second-order valence-electron chi connectivity index (χ2n) is 12.1. The van der Waals surface area contributed by atoms with Gasteiger partial charge >= 0.3 is 0 Å². The number of hydrogen-bond donors (Lipinski definition) is 0. The highest BCUT2D eigenvalue weighted by Crippen LogP contribution is 2.42. The minimum absolute atomic E-state index is 0. The van der Waals surface area contributed by atoms with Crippen molar-refractivity contribution in [2.24, 2.45) is 0 Å². The van der Waals surface area contributed by atoms with Crippen molar-refractivity contribution in [1.29, 1.82) is 5.26 Å². The predicted molar refractivity (Wildman–Crippen MR) is 208 cm³/mol. The smallest absolute Gasteiger partial charge is 0.137 e. The fourth-order valence-corrected chi connectivity index (χ4v) is 8.04. The minimum Gasteiger partial charge on any atom is -0.456 e. The third kappa shape index (κ3) is 4.55. The van der Waals surface area contributed by atoms with E-state index in [1.54, 1.807) is 11.8 Å². The molecule has 0 amide bonds. The first kappa shape index (κ1) is 29.3. The molecule has 0 radical (unpaired) electrons. The zero-order valence-corrected chi connectivity index (χ0v) is 27.9. The monoisotopic (exact) mass is 665 g/mol. The van der Waals surface area contributed by atoms with Gasteiger partial charge in [0, 0.05) is 59.5 Å². The number of para-hydroxylation sites is 3. The van der Waals surface area contributed by atoms with Gasteiger partial charge in [0.05, 0.1) is 33.7 Å².